The van der Waals surface area contributed by atoms with Crippen molar-refractivity contribution in [1.82, 2.24) is 14.6 Å². The van der Waals surface area contributed by atoms with E-state index in [1.807, 2.05) is 28.9 Å². The molecule has 0 aliphatic heterocycles. The molecule has 0 bridgehead atoms. The van der Waals surface area contributed by atoms with Gasteiger partial charge >= 0.3 is 0 Å². The molecule has 0 atom stereocenters. The van der Waals surface area contributed by atoms with E-state index < -0.39 is 0 Å². The van der Waals surface area contributed by atoms with Gasteiger partial charge in [0, 0.05) is 11.9 Å². The zero-order valence-electron chi connectivity index (χ0n) is 10.1. The summed E-state index contributed by atoms with van der Waals surface area (Å²) >= 11 is 1.66. The number of nitrogens with zero attached hydrogens (tertiary/aromatic N) is 3. The molecule has 1 aromatic carbocycles. The van der Waals surface area contributed by atoms with E-state index in [1.165, 1.54) is 11.1 Å². The number of pyridine rings is 1. The molecule has 4 heteroatoms. The maximum absolute atomic E-state index is 4.50. The summed E-state index contributed by atoms with van der Waals surface area (Å²) in [6.07, 6.45) is 1.95. The summed E-state index contributed by atoms with van der Waals surface area (Å²) in [5.41, 5.74) is 3.40. The number of rotatable bonds is 3. The van der Waals surface area contributed by atoms with Crippen molar-refractivity contribution in [3.8, 4) is 0 Å². The predicted molar refractivity (Wildman–Crippen MR) is 73.7 cm³/mol. The van der Waals surface area contributed by atoms with Crippen LogP contribution >= 0.6 is 11.8 Å². The van der Waals surface area contributed by atoms with Crippen LogP contribution < -0.4 is 0 Å². The summed E-state index contributed by atoms with van der Waals surface area (Å²) in [5, 5.41) is 5.26. The van der Waals surface area contributed by atoms with Gasteiger partial charge in [-0.15, -0.1) is 5.10 Å². The molecule has 0 saturated heterocycles. The highest BCUT2D eigenvalue weighted by Gasteiger charge is 2.04. The summed E-state index contributed by atoms with van der Waals surface area (Å²) < 4.78 is 1.82. The van der Waals surface area contributed by atoms with Crippen LogP contribution in [0, 0.1) is 6.92 Å². The van der Waals surface area contributed by atoms with Crippen molar-refractivity contribution in [3.63, 3.8) is 0 Å². The lowest BCUT2D eigenvalue weighted by Crippen LogP contribution is -1.86. The second-order valence-corrected chi connectivity index (χ2v) is 5.12. The SMILES string of the molecule is Cc1ccn2nc(SCc3ccccc3)nc2c1. The van der Waals surface area contributed by atoms with Crippen molar-refractivity contribution >= 4 is 17.4 Å². The largest absolute Gasteiger partial charge is 0.220 e. The normalized spacial score (nSPS) is 10.9. The second kappa shape index (κ2) is 4.82. The van der Waals surface area contributed by atoms with Crippen LogP contribution in [0.25, 0.3) is 5.65 Å². The van der Waals surface area contributed by atoms with Crippen molar-refractivity contribution in [2.45, 2.75) is 17.8 Å². The van der Waals surface area contributed by atoms with E-state index >= 15 is 0 Å². The maximum Gasteiger partial charge on any atom is 0.209 e. The molecule has 2 heterocycles. The third-order valence-electron chi connectivity index (χ3n) is 2.68. The van der Waals surface area contributed by atoms with Gasteiger partial charge in [-0.2, -0.15) is 0 Å². The third-order valence-corrected chi connectivity index (χ3v) is 3.59. The van der Waals surface area contributed by atoms with Gasteiger partial charge in [-0.1, -0.05) is 42.1 Å². The monoisotopic (exact) mass is 255 g/mol. The third kappa shape index (κ3) is 2.38. The molecule has 2 aromatic heterocycles. The number of aryl methyl sites for hydroxylation is 1. The molecule has 0 aliphatic carbocycles. The van der Waals surface area contributed by atoms with E-state index in [1.54, 1.807) is 11.8 Å². The van der Waals surface area contributed by atoms with Gasteiger partial charge in [-0.25, -0.2) is 9.50 Å². The average molecular weight is 255 g/mol. The summed E-state index contributed by atoms with van der Waals surface area (Å²) in [4.78, 5) is 4.50. The summed E-state index contributed by atoms with van der Waals surface area (Å²) in [6.45, 7) is 2.06. The first kappa shape index (κ1) is 11.3. The molecular formula is C14H13N3S. The van der Waals surface area contributed by atoms with E-state index in [0.29, 0.717) is 0 Å². The van der Waals surface area contributed by atoms with E-state index in [9.17, 15) is 0 Å². The van der Waals surface area contributed by atoms with Gasteiger partial charge in [0.2, 0.25) is 5.16 Å². The standard InChI is InChI=1S/C14H13N3S/c1-11-7-8-17-13(9-11)15-14(16-17)18-10-12-5-3-2-4-6-12/h2-9H,10H2,1H3. The fraction of sp³-hybridized carbons (Fsp3) is 0.143. The Kier molecular flexibility index (Phi) is 3.02. The molecule has 3 rings (SSSR count). The highest BCUT2D eigenvalue weighted by molar-refractivity contribution is 7.98. The Morgan fingerprint density at radius 1 is 1.17 bits per heavy atom. The topological polar surface area (TPSA) is 30.2 Å². The molecule has 3 aromatic rings. The number of aromatic nitrogens is 3. The maximum atomic E-state index is 4.50. The first-order chi connectivity index (χ1) is 8.81. The van der Waals surface area contributed by atoms with Crippen molar-refractivity contribution in [3.05, 3.63) is 59.8 Å². The Morgan fingerprint density at radius 2 is 2.00 bits per heavy atom. The van der Waals surface area contributed by atoms with Crippen molar-refractivity contribution < 1.29 is 0 Å². The smallest absolute Gasteiger partial charge is 0.209 e. The Morgan fingerprint density at radius 3 is 2.83 bits per heavy atom. The molecule has 0 unspecified atom stereocenters. The fourth-order valence-corrected chi connectivity index (χ4v) is 2.54. The average Bonchev–Trinajstić information content (AvgIpc) is 2.79. The van der Waals surface area contributed by atoms with Crippen LogP contribution in [0.5, 0.6) is 0 Å². The minimum Gasteiger partial charge on any atom is -0.220 e. The van der Waals surface area contributed by atoms with Crippen molar-refractivity contribution in [1.29, 1.82) is 0 Å². The van der Waals surface area contributed by atoms with E-state index in [4.69, 9.17) is 0 Å². The minimum atomic E-state index is 0.824. The first-order valence-electron chi connectivity index (χ1n) is 5.81. The molecule has 0 amide bonds. The number of thioether (sulfide) groups is 1. The van der Waals surface area contributed by atoms with Gasteiger partial charge in [0.1, 0.15) is 0 Å². The van der Waals surface area contributed by atoms with Crippen LogP contribution in [0.3, 0.4) is 0 Å². The van der Waals surface area contributed by atoms with Crippen LogP contribution in [0.2, 0.25) is 0 Å². The number of hydrogen-bond acceptors (Lipinski definition) is 3. The zero-order chi connectivity index (χ0) is 12.4. The molecular weight excluding hydrogens is 242 g/mol. The van der Waals surface area contributed by atoms with Crippen LogP contribution in [0.1, 0.15) is 11.1 Å². The molecule has 0 radical (unpaired) electrons. The molecule has 0 saturated carbocycles. The van der Waals surface area contributed by atoms with Gasteiger partial charge in [0.15, 0.2) is 5.65 Å². The Balaban J connectivity index is 1.79. The van der Waals surface area contributed by atoms with Crippen molar-refractivity contribution in [2.24, 2.45) is 0 Å². The van der Waals surface area contributed by atoms with E-state index in [-0.39, 0.29) is 0 Å². The Bertz CT molecular complexity index is 661. The molecule has 0 aliphatic rings. The molecule has 0 spiro atoms. The minimum absolute atomic E-state index is 0.824. The van der Waals surface area contributed by atoms with E-state index in [0.717, 1.165) is 16.6 Å². The lowest BCUT2D eigenvalue weighted by molar-refractivity contribution is 0.885. The van der Waals surface area contributed by atoms with Crippen molar-refractivity contribution in [2.75, 3.05) is 0 Å². The van der Waals surface area contributed by atoms with Gasteiger partial charge in [0.25, 0.3) is 0 Å². The molecule has 0 N–H and O–H groups in total. The Hall–Kier alpha value is -1.81. The van der Waals surface area contributed by atoms with Gasteiger partial charge in [-0.3, -0.25) is 0 Å². The van der Waals surface area contributed by atoms with Crippen LogP contribution in [0.4, 0.5) is 0 Å². The predicted octanol–water partition coefficient (Wildman–Crippen LogP) is 3.33. The van der Waals surface area contributed by atoms with Crippen LogP contribution in [-0.4, -0.2) is 14.6 Å². The number of fused-ring (bicyclic) bond motifs is 1. The second-order valence-electron chi connectivity index (χ2n) is 4.18. The van der Waals surface area contributed by atoms with E-state index in [2.05, 4.69) is 41.3 Å². The zero-order valence-corrected chi connectivity index (χ0v) is 10.9. The highest BCUT2D eigenvalue weighted by atomic mass is 32.2. The summed E-state index contributed by atoms with van der Waals surface area (Å²) in [5.74, 6) is 0.900. The first-order valence-corrected chi connectivity index (χ1v) is 6.79. The fourth-order valence-electron chi connectivity index (χ4n) is 1.75. The van der Waals surface area contributed by atoms with Gasteiger partial charge < -0.3 is 0 Å². The van der Waals surface area contributed by atoms with Crippen LogP contribution in [0.15, 0.2) is 53.8 Å². The lowest BCUT2D eigenvalue weighted by atomic mass is 10.2. The molecule has 90 valence electrons. The summed E-state index contributed by atoms with van der Waals surface area (Å²) in [6, 6.07) is 14.4. The summed E-state index contributed by atoms with van der Waals surface area (Å²) in [7, 11) is 0. The molecule has 0 fully saturated rings. The van der Waals surface area contributed by atoms with Gasteiger partial charge in [0.05, 0.1) is 0 Å². The number of hydrogen-bond donors (Lipinski definition) is 0. The van der Waals surface area contributed by atoms with Crippen LogP contribution in [-0.2, 0) is 5.75 Å². The Labute approximate surface area is 110 Å². The highest BCUT2D eigenvalue weighted by Crippen LogP contribution is 2.20. The quantitative estimate of drug-likeness (QED) is 0.672. The number of benzene rings is 1. The molecule has 18 heavy (non-hydrogen) atoms. The lowest BCUT2D eigenvalue weighted by Gasteiger charge is -1.96. The van der Waals surface area contributed by atoms with Gasteiger partial charge in [-0.05, 0) is 30.2 Å². The molecule has 3 nitrogen and oxygen atoms in total.